The van der Waals surface area contributed by atoms with Gasteiger partial charge in [-0.2, -0.15) is 0 Å². The molecule has 6 heteroatoms. The first kappa shape index (κ1) is 21.3. The molecule has 148 valence electrons. The van der Waals surface area contributed by atoms with Crippen molar-refractivity contribution in [2.75, 3.05) is 39.6 Å². The highest BCUT2D eigenvalue weighted by molar-refractivity contribution is 5.21. The first-order valence-corrected chi connectivity index (χ1v) is 9.49. The van der Waals surface area contributed by atoms with Crippen LogP contribution >= 0.6 is 0 Å². The molecule has 3 N–H and O–H groups in total. The summed E-state index contributed by atoms with van der Waals surface area (Å²) < 4.78 is 21.5. The maximum Gasteiger partial charge on any atom is 0.0959 e. The van der Waals surface area contributed by atoms with Gasteiger partial charge in [-0.3, -0.25) is 0 Å². The Balaban J connectivity index is 0.000000228. The topological polar surface area (TPSA) is 75.0 Å². The van der Waals surface area contributed by atoms with Gasteiger partial charge in [0.25, 0.3) is 0 Å². The van der Waals surface area contributed by atoms with E-state index in [0.29, 0.717) is 39.1 Å². The molecule has 0 aliphatic carbocycles. The Labute approximate surface area is 157 Å². The fourth-order valence-corrected chi connectivity index (χ4v) is 2.72. The lowest BCUT2D eigenvalue weighted by molar-refractivity contribution is -0.0992. The Morgan fingerprint density at radius 3 is 2.00 bits per heavy atom. The maximum absolute atomic E-state index is 5.66. The van der Waals surface area contributed by atoms with Crippen LogP contribution in [0.15, 0.2) is 24.3 Å². The van der Waals surface area contributed by atoms with Crippen molar-refractivity contribution < 1.29 is 18.9 Å². The van der Waals surface area contributed by atoms with Crippen molar-refractivity contribution in [1.82, 2.24) is 5.32 Å². The highest BCUT2D eigenvalue weighted by atomic mass is 16.6. The van der Waals surface area contributed by atoms with Crippen molar-refractivity contribution in [1.29, 1.82) is 0 Å². The number of nitrogens with one attached hydrogen (secondary N) is 1. The van der Waals surface area contributed by atoms with Crippen LogP contribution in [0.2, 0.25) is 0 Å². The van der Waals surface area contributed by atoms with Crippen molar-refractivity contribution in [3.63, 3.8) is 0 Å². The smallest absolute Gasteiger partial charge is 0.0959 e. The van der Waals surface area contributed by atoms with Gasteiger partial charge in [0, 0.05) is 18.6 Å². The number of hydrogen-bond donors (Lipinski definition) is 2. The van der Waals surface area contributed by atoms with Gasteiger partial charge in [-0.05, 0) is 26.3 Å². The number of ether oxygens (including phenoxy) is 4. The molecule has 26 heavy (non-hydrogen) atoms. The summed E-state index contributed by atoms with van der Waals surface area (Å²) in [5.74, 6) is 0. The average molecular weight is 367 g/mol. The van der Waals surface area contributed by atoms with Crippen molar-refractivity contribution in [2.24, 2.45) is 5.73 Å². The number of rotatable bonds is 5. The van der Waals surface area contributed by atoms with E-state index in [-0.39, 0.29) is 18.2 Å². The number of hydrogen-bond acceptors (Lipinski definition) is 6. The van der Waals surface area contributed by atoms with E-state index in [1.807, 2.05) is 6.92 Å². The van der Waals surface area contributed by atoms with E-state index in [2.05, 4.69) is 43.4 Å². The number of aryl methyl sites for hydroxylation is 1. The van der Waals surface area contributed by atoms with Gasteiger partial charge in [0.15, 0.2) is 0 Å². The highest BCUT2D eigenvalue weighted by Crippen LogP contribution is 2.08. The average Bonchev–Trinajstić information content (AvgIpc) is 2.69. The lowest BCUT2D eigenvalue weighted by atomic mass is 10.1. The van der Waals surface area contributed by atoms with E-state index in [1.165, 1.54) is 11.1 Å². The minimum atomic E-state index is 0.0882. The summed E-state index contributed by atoms with van der Waals surface area (Å²) in [7, 11) is 0. The largest absolute Gasteiger partial charge is 0.376 e. The summed E-state index contributed by atoms with van der Waals surface area (Å²) in [5, 5.41) is 3.48. The molecule has 0 amide bonds. The van der Waals surface area contributed by atoms with E-state index in [0.717, 1.165) is 13.2 Å². The second kappa shape index (κ2) is 11.6. The molecular weight excluding hydrogens is 332 g/mol. The van der Waals surface area contributed by atoms with Crippen molar-refractivity contribution in [3.05, 3.63) is 35.4 Å². The summed E-state index contributed by atoms with van der Waals surface area (Å²) in [6.07, 6.45) is 0.285. The molecule has 4 unspecified atom stereocenters. The highest BCUT2D eigenvalue weighted by Gasteiger charge is 2.20. The van der Waals surface area contributed by atoms with Crippen LogP contribution in [0.25, 0.3) is 0 Å². The van der Waals surface area contributed by atoms with Crippen LogP contribution in [0, 0.1) is 6.92 Å². The normalized spacial score (nSPS) is 25.7. The Morgan fingerprint density at radius 1 is 0.962 bits per heavy atom. The Hall–Kier alpha value is -1.02. The van der Waals surface area contributed by atoms with Gasteiger partial charge in [0.2, 0.25) is 0 Å². The molecule has 0 bridgehead atoms. The zero-order valence-corrected chi connectivity index (χ0v) is 16.3. The fourth-order valence-electron chi connectivity index (χ4n) is 2.72. The van der Waals surface area contributed by atoms with Crippen LogP contribution in [0.4, 0.5) is 0 Å². The molecule has 1 aromatic rings. The molecule has 6 nitrogen and oxygen atoms in total. The quantitative estimate of drug-likeness (QED) is 0.825. The van der Waals surface area contributed by atoms with E-state index in [4.69, 9.17) is 24.7 Å². The van der Waals surface area contributed by atoms with Crippen LogP contribution in [0.5, 0.6) is 0 Å². The predicted octanol–water partition coefficient (Wildman–Crippen LogP) is 1.64. The molecule has 2 fully saturated rings. The summed E-state index contributed by atoms with van der Waals surface area (Å²) in [6.45, 7) is 11.2. The van der Waals surface area contributed by atoms with Crippen LogP contribution in [0.1, 0.15) is 25.0 Å². The van der Waals surface area contributed by atoms with E-state index < -0.39 is 0 Å². The van der Waals surface area contributed by atoms with Crippen molar-refractivity contribution in [3.8, 4) is 0 Å². The summed E-state index contributed by atoms with van der Waals surface area (Å²) in [5.41, 5.74) is 8.16. The van der Waals surface area contributed by atoms with Crippen molar-refractivity contribution in [2.45, 2.75) is 51.6 Å². The number of nitrogens with two attached hydrogens (primary N) is 1. The lowest BCUT2D eigenvalue weighted by Gasteiger charge is -2.28. The van der Waals surface area contributed by atoms with E-state index in [9.17, 15) is 0 Å². The third-order valence-corrected chi connectivity index (χ3v) is 4.58. The third-order valence-electron chi connectivity index (χ3n) is 4.58. The summed E-state index contributed by atoms with van der Waals surface area (Å²) in [4.78, 5) is 0. The molecule has 2 heterocycles. The van der Waals surface area contributed by atoms with Crippen LogP contribution in [-0.2, 0) is 25.5 Å². The van der Waals surface area contributed by atoms with Crippen LogP contribution in [-0.4, -0.2) is 63.9 Å². The van der Waals surface area contributed by atoms with Gasteiger partial charge in [-0.25, -0.2) is 0 Å². The van der Waals surface area contributed by atoms with Gasteiger partial charge in [0.05, 0.1) is 51.8 Å². The monoisotopic (exact) mass is 366 g/mol. The molecule has 2 aliphatic heterocycles. The molecular formula is C20H34N2O4. The van der Waals surface area contributed by atoms with Crippen LogP contribution in [0.3, 0.4) is 0 Å². The maximum atomic E-state index is 5.66. The molecule has 4 atom stereocenters. The van der Waals surface area contributed by atoms with Gasteiger partial charge >= 0.3 is 0 Å². The van der Waals surface area contributed by atoms with E-state index in [1.54, 1.807) is 0 Å². The second-order valence-corrected chi connectivity index (χ2v) is 6.98. The summed E-state index contributed by atoms with van der Waals surface area (Å²) in [6, 6.07) is 9.01. The lowest BCUT2D eigenvalue weighted by Crippen LogP contribution is -2.44. The molecule has 0 spiro atoms. The minimum absolute atomic E-state index is 0.0882. The standard InChI is InChI=1S/C14H21NO2.C6H13NO2/c1-11-3-5-13(6-4-11)9-15-12(2)14-10-16-7-8-17-14;1-5(7)6-4-8-2-3-9-6/h3-6,12,14-15H,7-10H2,1-2H3;5-6H,2-4,7H2,1H3. The predicted molar refractivity (Wildman–Crippen MR) is 102 cm³/mol. The molecule has 3 rings (SSSR count). The van der Waals surface area contributed by atoms with Crippen LogP contribution < -0.4 is 11.1 Å². The first-order valence-electron chi connectivity index (χ1n) is 9.49. The SMILES string of the molecule is CC(N)C1COCCO1.Cc1ccc(CNC(C)C2COCCO2)cc1. The van der Waals surface area contributed by atoms with Gasteiger partial charge in [0.1, 0.15) is 0 Å². The van der Waals surface area contributed by atoms with E-state index >= 15 is 0 Å². The molecule has 0 saturated carbocycles. The Morgan fingerprint density at radius 2 is 1.54 bits per heavy atom. The Bertz CT molecular complexity index is 483. The molecule has 1 aromatic carbocycles. The van der Waals surface area contributed by atoms with Gasteiger partial charge < -0.3 is 30.0 Å². The number of benzene rings is 1. The third kappa shape index (κ3) is 7.70. The fraction of sp³-hybridized carbons (Fsp3) is 0.700. The zero-order chi connectivity index (χ0) is 18.8. The zero-order valence-electron chi connectivity index (χ0n) is 16.3. The summed E-state index contributed by atoms with van der Waals surface area (Å²) >= 11 is 0. The molecule has 0 aromatic heterocycles. The van der Waals surface area contributed by atoms with Crippen molar-refractivity contribution >= 4 is 0 Å². The molecule has 0 radical (unpaired) electrons. The molecule has 2 saturated heterocycles. The minimum Gasteiger partial charge on any atom is -0.376 e. The first-order chi connectivity index (χ1) is 12.6. The van der Waals surface area contributed by atoms with Gasteiger partial charge in [-0.1, -0.05) is 29.8 Å². The molecule has 2 aliphatic rings. The Kier molecular flexibility index (Phi) is 9.53. The van der Waals surface area contributed by atoms with Gasteiger partial charge in [-0.15, -0.1) is 0 Å². The second-order valence-electron chi connectivity index (χ2n) is 6.98.